The first-order chi connectivity index (χ1) is 16.5. The Hall–Kier alpha value is -3.22. The van der Waals surface area contributed by atoms with Crippen molar-refractivity contribution in [1.29, 1.82) is 0 Å². The number of likely N-dealkylation sites (tertiary alicyclic amines) is 1. The van der Waals surface area contributed by atoms with Crippen molar-refractivity contribution < 1.29 is 9.59 Å². The zero-order valence-corrected chi connectivity index (χ0v) is 20.5. The van der Waals surface area contributed by atoms with Crippen LogP contribution < -0.4 is 10.6 Å². The highest BCUT2D eigenvalue weighted by Crippen LogP contribution is 2.17. The molecule has 176 valence electrons. The Labute approximate surface area is 205 Å². The van der Waals surface area contributed by atoms with E-state index in [1.165, 1.54) is 16.9 Å². The van der Waals surface area contributed by atoms with Gasteiger partial charge in [-0.25, -0.2) is 0 Å². The number of benzene rings is 2. The highest BCUT2D eigenvalue weighted by molar-refractivity contribution is 7.10. The molecule has 0 radical (unpaired) electrons. The van der Waals surface area contributed by atoms with E-state index in [1.54, 1.807) is 12.1 Å². The summed E-state index contributed by atoms with van der Waals surface area (Å²) in [6.07, 6.45) is 3.52. The van der Waals surface area contributed by atoms with E-state index < -0.39 is 0 Å². The second-order valence-electron chi connectivity index (χ2n) is 8.84. The van der Waals surface area contributed by atoms with Gasteiger partial charge >= 0.3 is 0 Å². The molecule has 1 saturated heterocycles. The van der Waals surface area contributed by atoms with Crippen LogP contribution in [0, 0.1) is 13.8 Å². The molecule has 2 aromatic carbocycles. The summed E-state index contributed by atoms with van der Waals surface area (Å²) in [5.41, 5.74) is 4.30. The summed E-state index contributed by atoms with van der Waals surface area (Å²) >= 11 is 1.53. The van der Waals surface area contributed by atoms with Crippen LogP contribution in [0.4, 0.5) is 0 Å². The molecule has 0 aliphatic carbocycles. The maximum atomic E-state index is 13.2. The maximum Gasteiger partial charge on any atom is 0.268 e. The molecule has 2 heterocycles. The number of nitrogens with zero attached hydrogens (tertiary/aromatic N) is 1. The lowest BCUT2D eigenvalue weighted by atomic mass is 10.0. The number of nitrogens with one attached hydrogen (secondary N) is 2. The topological polar surface area (TPSA) is 61.4 Å². The molecule has 4 rings (SSSR count). The number of carbonyl (C=O) groups excluding carboxylic acids is 2. The molecule has 5 nitrogen and oxygen atoms in total. The highest BCUT2D eigenvalue weighted by atomic mass is 32.1. The van der Waals surface area contributed by atoms with Crippen LogP contribution in [0.1, 0.15) is 44.8 Å². The van der Waals surface area contributed by atoms with E-state index >= 15 is 0 Å². The molecule has 1 aromatic heterocycles. The first kappa shape index (κ1) is 23.9. The van der Waals surface area contributed by atoms with Crippen molar-refractivity contribution in [3.63, 3.8) is 0 Å². The smallest absolute Gasteiger partial charge is 0.268 e. The van der Waals surface area contributed by atoms with Gasteiger partial charge in [-0.15, -0.1) is 11.3 Å². The Balaban J connectivity index is 1.39. The second-order valence-corrected chi connectivity index (χ2v) is 9.82. The van der Waals surface area contributed by atoms with E-state index in [1.807, 2.05) is 49.6 Å². The molecule has 1 aliphatic rings. The van der Waals surface area contributed by atoms with E-state index in [2.05, 4.69) is 39.8 Å². The van der Waals surface area contributed by atoms with Crippen LogP contribution in [-0.2, 0) is 11.3 Å². The Kier molecular flexibility index (Phi) is 7.93. The number of thiophene rings is 1. The zero-order chi connectivity index (χ0) is 23.9. The molecular formula is C28H31N3O2S. The number of hydrogen-bond acceptors (Lipinski definition) is 4. The molecule has 0 unspecified atom stereocenters. The summed E-state index contributed by atoms with van der Waals surface area (Å²) in [6, 6.07) is 20.0. The van der Waals surface area contributed by atoms with Crippen molar-refractivity contribution in [1.82, 2.24) is 15.5 Å². The fourth-order valence-corrected chi connectivity index (χ4v) is 4.75. The Morgan fingerprint density at radius 2 is 1.76 bits per heavy atom. The van der Waals surface area contributed by atoms with Crippen LogP contribution in [0.15, 0.2) is 71.7 Å². The normalized spacial score (nSPS) is 15.2. The average molecular weight is 474 g/mol. The number of amides is 2. The number of hydrogen-bond donors (Lipinski definition) is 2. The lowest BCUT2D eigenvalue weighted by molar-refractivity contribution is -0.118. The van der Waals surface area contributed by atoms with Crippen molar-refractivity contribution in [3.05, 3.63) is 98.9 Å². The quantitative estimate of drug-likeness (QED) is 0.479. The van der Waals surface area contributed by atoms with Gasteiger partial charge in [-0.3, -0.25) is 14.5 Å². The summed E-state index contributed by atoms with van der Waals surface area (Å²) in [5, 5.41) is 7.96. The highest BCUT2D eigenvalue weighted by Gasteiger charge is 2.23. The molecule has 0 bridgehead atoms. The summed E-state index contributed by atoms with van der Waals surface area (Å²) < 4.78 is 0. The number of piperidine rings is 1. The van der Waals surface area contributed by atoms with Gasteiger partial charge in [0, 0.05) is 36.1 Å². The van der Waals surface area contributed by atoms with E-state index in [0.29, 0.717) is 5.56 Å². The minimum absolute atomic E-state index is 0.0878. The van der Waals surface area contributed by atoms with Crippen LogP contribution in [0.2, 0.25) is 0 Å². The van der Waals surface area contributed by atoms with Crippen molar-refractivity contribution in [2.75, 3.05) is 13.1 Å². The fraction of sp³-hybridized carbons (Fsp3) is 0.286. The van der Waals surface area contributed by atoms with Crippen LogP contribution >= 0.6 is 11.3 Å². The third kappa shape index (κ3) is 6.43. The minimum atomic E-state index is -0.279. The monoisotopic (exact) mass is 473 g/mol. The van der Waals surface area contributed by atoms with E-state index in [4.69, 9.17) is 0 Å². The molecule has 2 N–H and O–H groups in total. The molecule has 1 fully saturated rings. The zero-order valence-electron chi connectivity index (χ0n) is 19.7. The molecule has 1 aliphatic heterocycles. The third-order valence-corrected chi connectivity index (χ3v) is 7.08. The average Bonchev–Trinajstić information content (AvgIpc) is 3.35. The molecule has 34 heavy (non-hydrogen) atoms. The van der Waals surface area contributed by atoms with E-state index in [0.717, 1.165) is 48.5 Å². The van der Waals surface area contributed by atoms with Gasteiger partial charge in [0.2, 0.25) is 0 Å². The van der Waals surface area contributed by atoms with E-state index in [9.17, 15) is 9.59 Å². The van der Waals surface area contributed by atoms with Gasteiger partial charge in [0.25, 0.3) is 11.8 Å². The largest absolute Gasteiger partial charge is 0.348 e. The summed E-state index contributed by atoms with van der Waals surface area (Å²) in [6.45, 7) is 6.78. The van der Waals surface area contributed by atoms with Crippen molar-refractivity contribution >= 4 is 29.2 Å². The lowest BCUT2D eigenvalue weighted by Gasteiger charge is -2.32. The van der Waals surface area contributed by atoms with Gasteiger partial charge in [-0.05, 0) is 73.0 Å². The number of carbonyl (C=O) groups is 2. The minimum Gasteiger partial charge on any atom is -0.348 e. The predicted octanol–water partition coefficient (Wildman–Crippen LogP) is 4.92. The molecule has 2 amide bonds. The molecule has 3 aromatic rings. The predicted molar refractivity (Wildman–Crippen MR) is 139 cm³/mol. The molecule has 0 saturated carbocycles. The first-order valence-electron chi connectivity index (χ1n) is 11.7. The Morgan fingerprint density at radius 1 is 1.00 bits per heavy atom. The van der Waals surface area contributed by atoms with Crippen molar-refractivity contribution in [2.24, 2.45) is 0 Å². The van der Waals surface area contributed by atoms with Crippen LogP contribution in [0.5, 0.6) is 0 Å². The van der Waals surface area contributed by atoms with Crippen LogP contribution in [-0.4, -0.2) is 35.8 Å². The second kappa shape index (κ2) is 11.3. The van der Waals surface area contributed by atoms with Gasteiger partial charge in [-0.2, -0.15) is 0 Å². The SMILES string of the molecule is Cc1ccc(C(=O)N/C(=C\c2cccs2)C(=O)NC2CCN(Cc3ccccc3)CC2)cc1C. The van der Waals surface area contributed by atoms with Gasteiger partial charge < -0.3 is 10.6 Å². The van der Waals surface area contributed by atoms with Gasteiger partial charge in [0.1, 0.15) is 5.70 Å². The molecular weight excluding hydrogens is 442 g/mol. The fourth-order valence-electron chi connectivity index (χ4n) is 4.09. The number of aryl methyl sites for hydroxylation is 2. The van der Waals surface area contributed by atoms with Crippen molar-refractivity contribution in [3.8, 4) is 0 Å². The maximum absolute atomic E-state index is 13.2. The van der Waals surface area contributed by atoms with Gasteiger partial charge in [-0.1, -0.05) is 42.5 Å². The first-order valence-corrected chi connectivity index (χ1v) is 12.6. The standard InChI is InChI=1S/C28H31N3O2S/c1-20-10-11-23(17-21(20)2)27(32)30-26(18-25-9-6-16-34-25)28(33)29-24-12-14-31(15-13-24)19-22-7-4-3-5-8-22/h3-11,16-18,24H,12-15,19H2,1-2H3,(H,29,33)(H,30,32)/b26-18-. The van der Waals surface area contributed by atoms with Crippen LogP contribution in [0.3, 0.4) is 0 Å². The van der Waals surface area contributed by atoms with Gasteiger partial charge in [0.15, 0.2) is 0 Å². The Morgan fingerprint density at radius 3 is 2.44 bits per heavy atom. The summed E-state index contributed by atoms with van der Waals surface area (Å²) in [4.78, 5) is 29.5. The summed E-state index contributed by atoms with van der Waals surface area (Å²) in [7, 11) is 0. The molecule has 0 atom stereocenters. The molecule has 0 spiro atoms. The number of rotatable bonds is 7. The Bertz CT molecular complexity index is 1150. The van der Waals surface area contributed by atoms with Crippen LogP contribution in [0.25, 0.3) is 6.08 Å². The third-order valence-electron chi connectivity index (χ3n) is 6.26. The van der Waals surface area contributed by atoms with Gasteiger partial charge in [0.05, 0.1) is 0 Å². The van der Waals surface area contributed by atoms with E-state index in [-0.39, 0.29) is 23.6 Å². The summed E-state index contributed by atoms with van der Waals surface area (Å²) in [5.74, 6) is -0.522. The van der Waals surface area contributed by atoms with Crippen molar-refractivity contribution in [2.45, 2.75) is 39.3 Å². The lowest BCUT2D eigenvalue weighted by Crippen LogP contribution is -2.46. The molecule has 6 heteroatoms.